The minimum atomic E-state index is -0.710. The van der Waals surface area contributed by atoms with Crippen molar-refractivity contribution in [3.8, 4) is 5.75 Å². The molecule has 1 saturated heterocycles. The van der Waals surface area contributed by atoms with Crippen molar-refractivity contribution in [2.45, 2.75) is 13.0 Å². The van der Waals surface area contributed by atoms with Gasteiger partial charge in [-0.1, -0.05) is 30.3 Å². The molecule has 2 aliphatic heterocycles. The first kappa shape index (κ1) is 23.6. The summed E-state index contributed by atoms with van der Waals surface area (Å²) >= 11 is 0. The number of carbonyl (C=O) groups is 2. The van der Waals surface area contributed by atoms with Crippen LogP contribution in [0.4, 0.5) is 14.9 Å². The number of nitrogens with zero attached hydrogens (tertiary/aromatic N) is 2. The van der Waals surface area contributed by atoms with Crippen molar-refractivity contribution in [1.29, 1.82) is 0 Å². The van der Waals surface area contributed by atoms with Crippen LogP contribution in [0.3, 0.4) is 0 Å². The van der Waals surface area contributed by atoms with Gasteiger partial charge in [0, 0.05) is 44.0 Å². The molecule has 2 amide bonds. The average Bonchev–Trinajstić information content (AvgIpc) is 2.85. The number of piperazine rings is 1. The molecule has 2 N–H and O–H groups in total. The molecule has 0 radical (unpaired) electrons. The molecular weight excluding hydrogens is 439 g/mol. The number of urea groups is 1. The molecular formula is C25H29FN4O4. The summed E-state index contributed by atoms with van der Waals surface area (Å²) in [5.74, 6) is -0.173. The maximum absolute atomic E-state index is 14.2. The lowest BCUT2D eigenvalue weighted by molar-refractivity contribution is -0.136. The van der Waals surface area contributed by atoms with Gasteiger partial charge in [-0.05, 0) is 25.1 Å². The highest BCUT2D eigenvalue weighted by Gasteiger charge is 2.36. The maximum atomic E-state index is 14.2. The molecule has 0 aliphatic carbocycles. The molecule has 1 fully saturated rings. The molecule has 180 valence electrons. The van der Waals surface area contributed by atoms with Gasteiger partial charge in [0.15, 0.2) is 0 Å². The minimum absolute atomic E-state index is 0.243. The van der Waals surface area contributed by atoms with Gasteiger partial charge in [0.25, 0.3) is 0 Å². The molecule has 0 spiro atoms. The Labute approximate surface area is 198 Å². The van der Waals surface area contributed by atoms with E-state index in [0.717, 1.165) is 0 Å². The molecule has 0 bridgehead atoms. The number of benzene rings is 2. The van der Waals surface area contributed by atoms with Crippen molar-refractivity contribution in [2.24, 2.45) is 0 Å². The number of amides is 2. The molecule has 2 aromatic rings. The van der Waals surface area contributed by atoms with Crippen molar-refractivity contribution in [1.82, 2.24) is 15.5 Å². The Morgan fingerprint density at radius 2 is 1.79 bits per heavy atom. The summed E-state index contributed by atoms with van der Waals surface area (Å²) in [7, 11) is 1.32. The molecule has 0 aromatic heterocycles. The zero-order chi connectivity index (χ0) is 24.1. The fraction of sp³-hybridized carbons (Fsp3) is 0.360. The van der Waals surface area contributed by atoms with Crippen molar-refractivity contribution in [3.63, 3.8) is 0 Å². The van der Waals surface area contributed by atoms with Crippen LogP contribution in [-0.4, -0.2) is 63.3 Å². The van der Waals surface area contributed by atoms with E-state index in [0.29, 0.717) is 67.6 Å². The third-order valence-corrected chi connectivity index (χ3v) is 6.04. The minimum Gasteiger partial charge on any atom is -0.494 e. The first-order valence-corrected chi connectivity index (χ1v) is 11.3. The Hall–Kier alpha value is -3.59. The van der Waals surface area contributed by atoms with Crippen LogP contribution >= 0.6 is 0 Å². The Morgan fingerprint density at radius 1 is 1.09 bits per heavy atom. The van der Waals surface area contributed by atoms with Crippen LogP contribution in [-0.2, 0) is 9.53 Å². The second kappa shape index (κ2) is 10.6. The number of para-hydroxylation sites is 2. The van der Waals surface area contributed by atoms with E-state index in [9.17, 15) is 14.0 Å². The number of ether oxygens (including phenoxy) is 2. The van der Waals surface area contributed by atoms with Gasteiger partial charge in [0.2, 0.25) is 0 Å². The van der Waals surface area contributed by atoms with E-state index in [4.69, 9.17) is 9.47 Å². The summed E-state index contributed by atoms with van der Waals surface area (Å²) in [4.78, 5) is 29.6. The topological polar surface area (TPSA) is 83.1 Å². The second-order valence-electron chi connectivity index (χ2n) is 8.10. The number of halogens is 1. The Bertz CT molecular complexity index is 1080. The number of hydrogen-bond donors (Lipinski definition) is 2. The van der Waals surface area contributed by atoms with Crippen molar-refractivity contribution in [3.05, 3.63) is 71.2 Å². The van der Waals surface area contributed by atoms with Gasteiger partial charge < -0.3 is 25.0 Å². The van der Waals surface area contributed by atoms with Crippen LogP contribution in [0.1, 0.15) is 18.5 Å². The molecule has 1 atom stereocenters. The second-order valence-corrected chi connectivity index (χ2v) is 8.10. The van der Waals surface area contributed by atoms with Crippen molar-refractivity contribution in [2.75, 3.05) is 51.3 Å². The largest absolute Gasteiger partial charge is 0.494 e. The van der Waals surface area contributed by atoms with Crippen LogP contribution < -0.4 is 20.3 Å². The lowest BCUT2D eigenvalue weighted by Gasteiger charge is -2.38. The third kappa shape index (κ3) is 4.99. The highest BCUT2D eigenvalue weighted by molar-refractivity contribution is 5.95. The zero-order valence-electron chi connectivity index (χ0n) is 19.3. The zero-order valence-corrected chi connectivity index (χ0v) is 19.3. The predicted molar refractivity (Wildman–Crippen MR) is 126 cm³/mol. The van der Waals surface area contributed by atoms with Gasteiger partial charge >= 0.3 is 12.0 Å². The SMILES string of the molecule is CCOc1ccccc1[C@H]1NC(=O)NC(CN2CCN(c3ccccc3F)CC2)=C1C(=O)OC. The van der Waals surface area contributed by atoms with Crippen LogP contribution in [0.25, 0.3) is 0 Å². The normalized spacial score (nSPS) is 18.9. The fourth-order valence-electron chi connectivity index (χ4n) is 4.41. The van der Waals surface area contributed by atoms with Gasteiger partial charge in [0.05, 0.1) is 31.0 Å². The van der Waals surface area contributed by atoms with Crippen molar-refractivity contribution < 1.29 is 23.5 Å². The van der Waals surface area contributed by atoms with E-state index in [2.05, 4.69) is 15.5 Å². The molecule has 0 saturated carbocycles. The molecule has 9 heteroatoms. The predicted octanol–water partition coefficient (Wildman–Crippen LogP) is 2.83. The number of esters is 1. The van der Waals surface area contributed by atoms with E-state index in [1.54, 1.807) is 12.1 Å². The number of rotatable bonds is 7. The van der Waals surface area contributed by atoms with Crippen LogP contribution in [0.15, 0.2) is 59.8 Å². The highest BCUT2D eigenvalue weighted by atomic mass is 19.1. The Kier molecular flexibility index (Phi) is 7.32. The van der Waals surface area contributed by atoms with Crippen LogP contribution in [0.2, 0.25) is 0 Å². The fourth-order valence-corrected chi connectivity index (χ4v) is 4.41. The monoisotopic (exact) mass is 468 g/mol. The highest BCUT2D eigenvalue weighted by Crippen LogP contribution is 2.34. The summed E-state index contributed by atoms with van der Waals surface area (Å²) < 4.78 is 25.0. The number of hydrogen-bond acceptors (Lipinski definition) is 6. The number of nitrogens with one attached hydrogen (secondary N) is 2. The van der Waals surface area contributed by atoms with Gasteiger partial charge in [-0.2, -0.15) is 0 Å². The molecule has 4 rings (SSSR count). The molecule has 2 heterocycles. The van der Waals surface area contributed by atoms with Crippen LogP contribution in [0.5, 0.6) is 5.75 Å². The van der Waals surface area contributed by atoms with Gasteiger partial charge in [-0.25, -0.2) is 14.0 Å². The number of anilines is 1. The maximum Gasteiger partial charge on any atom is 0.338 e. The summed E-state index contributed by atoms with van der Waals surface area (Å²) in [5, 5.41) is 5.65. The Morgan fingerprint density at radius 3 is 2.50 bits per heavy atom. The van der Waals surface area contributed by atoms with E-state index in [-0.39, 0.29) is 5.82 Å². The molecule has 34 heavy (non-hydrogen) atoms. The standard InChI is InChI=1S/C25H29FN4O4/c1-3-34-21-11-7-4-8-17(21)23-22(24(31)33-2)19(27-25(32)28-23)16-29-12-14-30(15-13-29)20-10-6-5-9-18(20)26/h4-11,23H,3,12-16H2,1-2H3,(H2,27,28,32)/t23-/m1/s1. The van der Waals surface area contributed by atoms with Gasteiger partial charge in [-0.3, -0.25) is 4.90 Å². The molecule has 2 aromatic carbocycles. The quantitative estimate of drug-likeness (QED) is 0.608. The Balaban J connectivity index is 1.58. The van der Waals surface area contributed by atoms with E-state index in [1.807, 2.05) is 42.2 Å². The number of methoxy groups -OCH3 is 1. The lowest BCUT2D eigenvalue weighted by Crippen LogP contribution is -2.52. The molecule has 8 nitrogen and oxygen atoms in total. The molecule has 2 aliphatic rings. The van der Waals surface area contributed by atoms with Crippen LogP contribution in [0, 0.1) is 5.82 Å². The first-order valence-electron chi connectivity index (χ1n) is 11.3. The lowest BCUT2D eigenvalue weighted by atomic mass is 9.94. The average molecular weight is 469 g/mol. The van der Waals surface area contributed by atoms with E-state index >= 15 is 0 Å². The van der Waals surface area contributed by atoms with Crippen molar-refractivity contribution >= 4 is 17.7 Å². The number of carbonyl (C=O) groups excluding carboxylic acids is 2. The summed E-state index contributed by atoms with van der Waals surface area (Å²) in [6, 6.07) is 12.9. The first-order chi connectivity index (χ1) is 16.5. The smallest absolute Gasteiger partial charge is 0.338 e. The van der Waals surface area contributed by atoms with Gasteiger partial charge in [-0.15, -0.1) is 0 Å². The summed E-state index contributed by atoms with van der Waals surface area (Å²) in [5.41, 5.74) is 2.10. The molecule has 0 unspecified atom stereocenters. The summed E-state index contributed by atoms with van der Waals surface area (Å²) in [6.07, 6.45) is 0. The van der Waals surface area contributed by atoms with E-state index < -0.39 is 18.0 Å². The van der Waals surface area contributed by atoms with Gasteiger partial charge in [0.1, 0.15) is 11.6 Å². The summed E-state index contributed by atoms with van der Waals surface area (Å²) in [6.45, 7) is 5.24. The third-order valence-electron chi connectivity index (χ3n) is 6.04. The van der Waals surface area contributed by atoms with E-state index in [1.165, 1.54) is 13.2 Å².